The Morgan fingerprint density at radius 3 is 2.43 bits per heavy atom. The van der Waals surface area contributed by atoms with Gasteiger partial charge in [-0.1, -0.05) is 78.6 Å². The van der Waals surface area contributed by atoms with Gasteiger partial charge < -0.3 is 5.32 Å². The van der Waals surface area contributed by atoms with Gasteiger partial charge in [0.25, 0.3) is 5.91 Å². The van der Waals surface area contributed by atoms with Gasteiger partial charge in [0.1, 0.15) is 4.32 Å². The minimum atomic E-state index is -0.150. The van der Waals surface area contributed by atoms with E-state index >= 15 is 0 Å². The van der Waals surface area contributed by atoms with Gasteiger partial charge >= 0.3 is 0 Å². The van der Waals surface area contributed by atoms with Crippen LogP contribution in [0.25, 0.3) is 6.08 Å². The molecule has 28 heavy (non-hydrogen) atoms. The van der Waals surface area contributed by atoms with Gasteiger partial charge in [-0.05, 0) is 36.3 Å². The molecule has 0 spiro atoms. The molecule has 2 aromatic carbocycles. The normalized spacial score (nSPS) is 16.0. The van der Waals surface area contributed by atoms with Crippen LogP contribution in [0.15, 0.2) is 77.2 Å². The predicted molar refractivity (Wildman–Crippen MR) is 120 cm³/mol. The molecule has 0 unspecified atom stereocenters. The SMILES string of the molecule is CC(/C=C1\SC(=S)N(CCC(=O)Nc2ccccc2)C1=O)=C\c1ccccc1. The molecule has 0 bridgehead atoms. The molecule has 1 N–H and O–H groups in total. The van der Waals surface area contributed by atoms with Crippen molar-refractivity contribution in [2.75, 3.05) is 11.9 Å². The molecule has 6 heteroatoms. The molecule has 1 aliphatic rings. The van der Waals surface area contributed by atoms with E-state index in [9.17, 15) is 9.59 Å². The van der Waals surface area contributed by atoms with E-state index in [-0.39, 0.29) is 24.8 Å². The highest BCUT2D eigenvalue weighted by molar-refractivity contribution is 8.26. The van der Waals surface area contributed by atoms with E-state index < -0.39 is 0 Å². The summed E-state index contributed by atoms with van der Waals surface area (Å²) < 4.78 is 0.483. The van der Waals surface area contributed by atoms with Crippen LogP contribution in [0, 0.1) is 0 Å². The lowest BCUT2D eigenvalue weighted by Crippen LogP contribution is -2.31. The van der Waals surface area contributed by atoms with Crippen LogP contribution in [0.3, 0.4) is 0 Å². The molecule has 0 atom stereocenters. The molecule has 3 rings (SSSR count). The number of hydrogen-bond acceptors (Lipinski definition) is 4. The zero-order chi connectivity index (χ0) is 19.9. The third-order valence-corrected chi connectivity index (χ3v) is 5.42. The lowest BCUT2D eigenvalue weighted by molar-refractivity contribution is -0.122. The molecule has 1 fully saturated rings. The van der Waals surface area contributed by atoms with E-state index in [0.29, 0.717) is 9.23 Å². The van der Waals surface area contributed by atoms with Crippen molar-refractivity contribution in [3.05, 3.63) is 82.8 Å². The molecule has 0 aromatic heterocycles. The number of amides is 2. The highest BCUT2D eigenvalue weighted by Crippen LogP contribution is 2.32. The van der Waals surface area contributed by atoms with Crippen molar-refractivity contribution in [1.29, 1.82) is 0 Å². The summed E-state index contributed by atoms with van der Waals surface area (Å²) in [4.78, 5) is 26.9. The van der Waals surface area contributed by atoms with Crippen molar-refractivity contribution in [2.24, 2.45) is 0 Å². The Morgan fingerprint density at radius 1 is 1.11 bits per heavy atom. The Balaban J connectivity index is 1.60. The number of nitrogens with zero attached hydrogens (tertiary/aromatic N) is 1. The fourth-order valence-electron chi connectivity index (χ4n) is 2.71. The number of carbonyl (C=O) groups is 2. The van der Waals surface area contributed by atoms with Crippen molar-refractivity contribution in [2.45, 2.75) is 13.3 Å². The van der Waals surface area contributed by atoms with Crippen LogP contribution in [0.4, 0.5) is 5.69 Å². The summed E-state index contributed by atoms with van der Waals surface area (Å²) in [5.74, 6) is -0.298. The topological polar surface area (TPSA) is 49.4 Å². The van der Waals surface area contributed by atoms with Gasteiger partial charge in [-0.3, -0.25) is 14.5 Å². The molecule has 1 heterocycles. The van der Waals surface area contributed by atoms with Gasteiger partial charge in [-0.15, -0.1) is 0 Å². The summed E-state index contributed by atoms with van der Waals surface area (Å²) in [6.45, 7) is 2.22. The van der Waals surface area contributed by atoms with Gasteiger partial charge in [-0.25, -0.2) is 0 Å². The Kier molecular flexibility index (Phi) is 6.79. The van der Waals surface area contributed by atoms with Crippen LogP contribution < -0.4 is 5.32 Å². The summed E-state index contributed by atoms with van der Waals surface area (Å²) in [5.41, 5.74) is 2.78. The first-order valence-electron chi connectivity index (χ1n) is 8.86. The van der Waals surface area contributed by atoms with Gasteiger partial charge in [0.15, 0.2) is 0 Å². The molecular weight excluding hydrogens is 388 g/mol. The lowest BCUT2D eigenvalue weighted by Gasteiger charge is -2.14. The van der Waals surface area contributed by atoms with Crippen LogP contribution in [0.1, 0.15) is 18.9 Å². The number of anilines is 1. The average molecular weight is 409 g/mol. The maximum absolute atomic E-state index is 12.7. The van der Waals surface area contributed by atoms with Gasteiger partial charge in [-0.2, -0.15) is 0 Å². The predicted octanol–water partition coefficient (Wildman–Crippen LogP) is 4.86. The monoisotopic (exact) mass is 408 g/mol. The average Bonchev–Trinajstić information content (AvgIpc) is 2.94. The first kappa shape index (κ1) is 20.0. The molecule has 4 nitrogen and oxygen atoms in total. The van der Waals surface area contributed by atoms with E-state index in [1.165, 1.54) is 16.7 Å². The molecule has 0 aliphatic carbocycles. The number of thioether (sulfide) groups is 1. The third kappa shape index (κ3) is 5.41. The summed E-state index contributed by atoms with van der Waals surface area (Å²) in [6, 6.07) is 19.2. The van der Waals surface area contributed by atoms with E-state index in [1.807, 2.05) is 79.7 Å². The molecular formula is C22H20N2O2S2. The first-order chi connectivity index (χ1) is 13.5. The van der Waals surface area contributed by atoms with E-state index in [0.717, 1.165) is 16.8 Å². The minimum absolute atomic E-state index is 0.149. The number of carbonyl (C=O) groups excluding carboxylic acids is 2. The Labute approximate surface area is 174 Å². The number of rotatable bonds is 6. The van der Waals surface area contributed by atoms with Gasteiger partial charge in [0.05, 0.1) is 4.91 Å². The second kappa shape index (κ2) is 9.48. The molecule has 0 saturated carbocycles. The van der Waals surface area contributed by atoms with Crippen LogP contribution in [0.5, 0.6) is 0 Å². The zero-order valence-electron chi connectivity index (χ0n) is 15.4. The van der Waals surface area contributed by atoms with Gasteiger partial charge in [0.2, 0.25) is 5.91 Å². The molecule has 2 aromatic rings. The quantitative estimate of drug-likeness (QED) is 0.548. The van der Waals surface area contributed by atoms with Crippen molar-refractivity contribution >= 4 is 51.9 Å². The number of hydrogen-bond donors (Lipinski definition) is 1. The molecule has 1 saturated heterocycles. The number of benzene rings is 2. The Bertz CT molecular complexity index is 938. The molecule has 2 amide bonds. The zero-order valence-corrected chi connectivity index (χ0v) is 17.1. The number of allylic oxidation sites excluding steroid dienone is 2. The van der Waals surface area contributed by atoms with Crippen LogP contribution in [-0.4, -0.2) is 27.6 Å². The highest BCUT2D eigenvalue weighted by atomic mass is 32.2. The van der Waals surface area contributed by atoms with Crippen LogP contribution in [0.2, 0.25) is 0 Å². The van der Waals surface area contributed by atoms with E-state index in [1.54, 1.807) is 0 Å². The fraction of sp³-hybridized carbons (Fsp3) is 0.136. The molecule has 0 radical (unpaired) electrons. The van der Waals surface area contributed by atoms with Crippen molar-refractivity contribution in [3.63, 3.8) is 0 Å². The highest BCUT2D eigenvalue weighted by Gasteiger charge is 2.32. The summed E-state index contributed by atoms with van der Waals surface area (Å²) in [7, 11) is 0. The van der Waals surface area contributed by atoms with E-state index in [4.69, 9.17) is 12.2 Å². The summed E-state index contributed by atoms with van der Waals surface area (Å²) >= 11 is 6.61. The standard InChI is InChI=1S/C22H20N2O2S2/c1-16(14-17-8-4-2-5-9-17)15-19-21(26)24(22(27)28-19)13-12-20(25)23-18-10-6-3-7-11-18/h2-11,14-15H,12-13H2,1H3,(H,23,25)/b16-14+,19-15-. The minimum Gasteiger partial charge on any atom is -0.326 e. The maximum Gasteiger partial charge on any atom is 0.266 e. The Hall–Kier alpha value is -2.70. The largest absolute Gasteiger partial charge is 0.326 e. The Morgan fingerprint density at radius 2 is 1.75 bits per heavy atom. The summed E-state index contributed by atoms with van der Waals surface area (Å²) in [5, 5.41) is 2.82. The fourth-order valence-corrected chi connectivity index (χ4v) is 4.07. The smallest absolute Gasteiger partial charge is 0.266 e. The lowest BCUT2D eigenvalue weighted by atomic mass is 10.1. The van der Waals surface area contributed by atoms with Crippen molar-refractivity contribution in [3.8, 4) is 0 Å². The third-order valence-electron chi connectivity index (χ3n) is 4.05. The van der Waals surface area contributed by atoms with Crippen LogP contribution >= 0.6 is 24.0 Å². The van der Waals surface area contributed by atoms with Crippen molar-refractivity contribution in [1.82, 2.24) is 4.90 Å². The van der Waals surface area contributed by atoms with Crippen LogP contribution in [-0.2, 0) is 9.59 Å². The number of nitrogens with one attached hydrogen (secondary N) is 1. The van der Waals surface area contributed by atoms with E-state index in [2.05, 4.69) is 5.32 Å². The second-order valence-corrected chi connectivity index (χ2v) is 7.97. The summed E-state index contributed by atoms with van der Waals surface area (Å²) in [6.07, 6.45) is 4.05. The molecule has 142 valence electrons. The second-order valence-electron chi connectivity index (χ2n) is 6.30. The number of thiocarbonyl (C=S) groups is 1. The first-order valence-corrected chi connectivity index (χ1v) is 10.1. The number of para-hydroxylation sites is 1. The maximum atomic E-state index is 12.7. The van der Waals surface area contributed by atoms with Gasteiger partial charge in [0, 0.05) is 18.7 Å². The van der Waals surface area contributed by atoms with Crippen molar-refractivity contribution < 1.29 is 9.59 Å². The molecule has 1 aliphatic heterocycles.